The molecule has 0 amide bonds. The molecule has 0 aromatic carbocycles. The Morgan fingerprint density at radius 2 is 2.13 bits per heavy atom. The van der Waals surface area contributed by atoms with Gasteiger partial charge in [0.25, 0.3) is 0 Å². The van der Waals surface area contributed by atoms with E-state index in [0.29, 0.717) is 0 Å². The molecule has 82 valence electrons. The first kappa shape index (κ1) is 10.4. The Labute approximate surface area is 91.5 Å². The summed E-state index contributed by atoms with van der Waals surface area (Å²) < 4.78 is 0. The minimum Gasteiger partial charge on any atom is -0.357 e. The lowest BCUT2D eigenvalue weighted by Crippen LogP contribution is -2.20. The zero-order valence-electron chi connectivity index (χ0n) is 9.37. The summed E-state index contributed by atoms with van der Waals surface area (Å²) in [6.07, 6.45) is 2.61. The van der Waals surface area contributed by atoms with Crippen molar-refractivity contribution in [2.24, 2.45) is 0 Å². The maximum atomic E-state index is 4.66. The summed E-state index contributed by atoms with van der Waals surface area (Å²) in [7, 11) is 0. The third-order valence-corrected chi connectivity index (χ3v) is 2.78. The van der Waals surface area contributed by atoms with Crippen LogP contribution in [0.3, 0.4) is 0 Å². The van der Waals surface area contributed by atoms with Crippen LogP contribution < -0.4 is 10.2 Å². The van der Waals surface area contributed by atoms with Gasteiger partial charge in [0, 0.05) is 19.6 Å². The molecule has 0 atom stereocenters. The fourth-order valence-corrected chi connectivity index (χ4v) is 1.94. The second kappa shape index (κ2) is 5.12. The Morgan fingerprint density at radius 3 is 2.87 bits per heavy atom. The lowest BCUT2D eigenvalue weighted by molar-refractivity contribution is 0.709. The highest BCUT2D eigenvalue weighted by Gasteiger charge is 2.13. The number of nitrogens with one attached hydrogen (secondary N) is 1. The Hall–Kier alpha value is -1.09. The Kier molecular flexibility index (Phi) is 3.56. The number of aromatic nitrogens is 1. The molecule has 0 bridgehead atoms. The van der Waals surface area contributed by atoms with Gasteiger partial charge in [-0.15, -0.1) is 0 Å². The summed E-state index contributed by atoms with van der Waals surface area (Å²) in [5.41, 5.74) is 1.14. The molecular formula is C12H19N3. The highest BCUT2D eigenvalue weighted by Crippen LogP contribution is 2.17. The van der Waals surface area contributed by atoms with E-state index in [9.17, 15) is 0 Å². The lowest BCUT2D eigenvalue weighted by Gasteiger charge is -2.16. The van der Waals surface area contributed by atoms with E-state index in [4.69, 9.17) is 0 Å². The summed E-state index contributed by atoms with van der Waals surface area (Å²) in [5, 5.41) is 3.30. The first-order valence-electron chi connectivity index (χ1n) is 5.82. The quantitative estimate of drug-likeness (QED) is 0.812. The minimum atomic E-state index is 0.873. The molecule has 0 spiro atoms. The van der Waals surface area contributed by atoms with Gasteiger partial charge in [-0.1, -0.05) is 13.0 Å². The van der Waals surface area contributed by atoms with Gasteiger partial charge in [-0.2, -0.15) is 0 Å². The molecule has 0 radical (unpaired) electrons. The smallest absolute Gasteiger partial charge is 0.128 e. The van der Waals surface area contributed by atoms with Crippen LogP contribution in [-0.4, -0.2) is 24.6 Å². The lowest BCUT2D eigenvalue weighted by atomic mass is 10.3. The van der Waals surface area contributed by atoms with Gasteiger partial charge >= 0.3 is 0 Å². The molecule has 3 nitrogen and oxygen atoms in total. The van der Waals surface area contributed by atoms with Crippen LogP contribution in [0.25, 0.3) is 0 Å². The molecule has 1 aromatic rings. The molecular weight excluding hydrogens is 186 g/mol. The van der Waals surface area contributed by atoms with Gasteiger partial charge in [-0.25, -0.2) is 4.98 Å². The van der Waals surface area contributed by atoms with Crippen molar-refractivity contribution in [3.63, 3.8) is 0 Å². The van der Waals surface area contributed by atoms with Gasteiger partial charge in [-0.3, -0.25) is 0 Å². The molecule has 0 aliphatic carbocycles. The number of pyridine rings is 1. The van der Waals surface area contributed by atoms with E-state index in [1.54, 1.807) is 0 Å². The third kappa shape index (κ3) is 2.69. The number of rotatable bonds is 4. The molecule has 1 aliphatic heterocycles. The van der Waals surface area contributed by atoms with Crippen LogP contribution in [0.15, 0.2) is 18.2 Å². The SMILES string of the molecule is CCNCc1cccc(N2CCCC2)n1. The highest BCUT2D eigenvalue weighted by molar-refractivity contribution is 5.40. The second-order valence-electron chi connectivity index (χ2n) is 3.96. The van der Waals surface area contributed by atoms with Crippen molar-refractivity contribution in [3.05, 3.63) is 23.9 Å². The summed E-state index contributed by atoms with van der Waals surface area (Å²) in [6, 6.07) is 6.30. The van der Waals surface area contributed by atoms with Crippen molar-refractivity contribution in [1.29, 1.82) is 0 Å². The van der Waals surface area contributed by atoms with Crippen molar-refractivity contribution in [2.45, 2.75) is 26.3 Å². The summed E-state index contributed by atoms with van der Waals surface area (Å²) in [5.74, 6) is 1.14. The molecule has 0 saturated carbocycles. The van der Waals surface area contributed by atoms with Crippen molar-refractivity contribution in [3.8, 4) is 0 Å². The molecule has 15 heavy (non-hydrogen) atoms. The molecule has 1 aliphatic rings. The van der Waals surface area contributed by atoms with Crippen LogP contribution in [-0.2, 0) is 6.54 Å². The number of anilines is 1. The van der Waals surface area contributed by atoms with Gasteiger partial charge in [-0.05, 0) is 31.5 Å². The molecule has 1 fully saturated rings. The average Bonchev–Trinajstić information content (AvgIpc) is 2.80. The van der Waals surface area contributed by atoms with E-state index in [0.717, 1.165) is 37.7 Å². The van der Waals surface area contributed by atoms with Gasteiger partial charge < -0.3 is 10.2 Å². The highest BCUT2D eigenvalue weighted by atomic mass is 15.2. The third-order valence-electron chi connectivity index (χ3n) is 2.78. The average molecular weight is 205 g/mol. The zero-order valence-corrected chi connectivity index (χ0v) is 9.37. The molecule has 1 aromatic heterocycles. The minimum absolute atomic E-state index is 0.873. The Bertz CT molecular complexity index is 305. The molecule has 2 rings (SSSR count). The summed E-state index contributed by atoms with van der Waals surface area (Å²) >= 11 is 0. The van der Waals surface area contributed by atoms with E-state index in [2.05, 4.69) is 40.3 Å². The maximum absolute atomic E-state index is 4.66. The largest absolute Gasteiger partial charge is 0.357 e. The molecule has 3 heteroatoms. The summed E-state index contributed by atoms with van der Waals surface area (Å²) in [4.78, 5) is 7.03. The van der Waals surface area contributed by atoms with E-state index in [1.807, 2.05) is 0 Å². The van der Waals surface area contributed by atoms with Crippen LogP contribution in [0.2, 0.25) is 0 Å². The normalized spacial score (nSPS) is 15.9. The molecule has 1 N–H and O–H groups in total. The number of nitrogens with zero attached hydrogens (tertiary/aromatic N) is 2. The maximum Gasteiger partial charge on any atom is 0.128 e. The predicted octanol–water partition coefficient (Wildman–Crippen LogP) is 1.79. The molecule has 0 unspecified atom stereocenters. The first-order valence-corrected chi connectivity index (χ1v) is 5.82. The van der Waals surface area contributed by atoms with Crippen molar-refractivity contribution in [2.75, 3.05) is 24.5 Å². The Morgan fingerprint density at radius 1 is 1.33 bits per heavy atom. The summed E-state index contributed by atoms with van der Waals surface area (Å²) in [6.45, 7) is 6.31. The molecule has 1 saturated heterocycles. The number of hydrogen-bond acceptors (Lipinski definition) is 3. The van der Waals surface area contributed by atoms with Crippen molar-refractivity contribution < 1.29 is 0 Å². The first-order chi connectivity index (χ1) is 7.40. The van der Waals surface area contributed by atoms with Crippen LogP contribution in [0.1, 0.15) is 25.5 Å². The van der Waals surface area contributed by atoms with Crippen LogP contribution in [0.4, 0.5) is 5.82 Å². The van der Waals surface area contributed by atoms with E-state index in [-0.39, 0.29) is 0 Å². The van der Waals surface area contributed by atoms with Crippen LogP contribution in [0, 0.1) is 0 Å². The Balaban J connectivity index is 2.04. The molecule has 2 heterocycles. The van der Waals surface area contributed by atoms with Gasteiger partial charge in [0.05, 0.1) is 5.69 Å². The predicted molar refractivity (Wildman–Crippen MR) is 63.1 cm³/mol. The van der Waals surface area contributed by atoms with Gasteiger partial charge in [0.15, 0.2) is 0 Å². The van der Waals surface area contributed by atoms with Crippen LogP contribution >= 0.6 is 0 Å². The van der Waals surface area contributed by atoms with Crippen molar-refractivity contribution >= 4 is 5.82 Å². The van der Waals surface area contributed by atoms with E-state index in [1.165, 1.54) is 12.8 Å². The van der Waals surface area contributed by atoms with E-state index >= 15 is 0 Å². The van der Waals surface area contributed by atoms with Crippen LogP contribution in [0.5, 0.6) is 0 Å². The zero-order chi connectivity index (χ0) is 10.5. The van der Waals surface area contributed by atoms with Gasteiger partial charge in [0.1, 0.15) is 5.82 Å². The van der Waals surface area contributed by atoms with Crippen molar-refractivity contribution in [1.82, 2.24) is 10.3 Å². The number of hydrogen-bond donors (Lipinski definition) is 1. The van der Waals surface area contributed by atoms with Gasteiger partial charge in [0.2, 0.25) is 0 Å². The van der Waals surface area contributed by atoms with E-state index < -0.39 is 0 Å². The standard InChI is InChI=1S/C12H19N3/c1-2-13-10-11-6-5-7-12(14-11)15-8-3-4-9-15/h5-7,13H,2-4,8-10H2,1H3. The fraction of sp³-hybridized carbons (Fsp3) is 0.583. The monoisotopic (exact) mass is 205 g/mol. The second-order valence-corrected chi connectivity index (χ2v) is 3.96. The fourth-order valence-electron chi connectivity index (χ4n) is 1.94. The topological polar surface area (TPSA) is 28.2 Å².